The summed E-state index contributed by atoms with van der Waals surface area (Å²) in [6, 6.07) is 11.3. The Balaban J connectivity index is 0.000000171. The van der Waals surface area contributed by atoms with Crippen LogP contribution in [0.1, 0.15) is 0 Å². The van der Waals surface area contributed by atoms with E-state index < -0.39 is 0 Å². The van der Waals surface area contributed by atoms with Gasteiger partial charge in [0.15, 0.2) is 5.75 Å². The summed E-state index contributed by atoms with van der Waals surface area (Å²) in [6.45, 7) is 0. The molecule has 2 aromatic carbocycles. The predicted molar refractivity (Wildman–Crippen MR) is 71.2 cm³/mol. The van der Waals surface area contributed by atoms with Gasteiger partial charge in [0, 0.05) is 5.02 Å². The summed E-state index contributed by atoms with van der Waals surface area (Å²) in [5.41, 5.74) is 0. The molecule has 2 nitrogen and oxygen atoms in total. The first-order chi connectivity index (χ1) is 8.00. The topological polar surface area (TPSA) is 40.5 Å². The van der Waals surface area contributed by atoms with Crippen LogP contribution in [0.4, 0.5) is 0 Å². The fraction of sp³-hybridized carbons (Fsp3) is 0. The van der Waals surface area contributed by atoms with Crippen LogP contribution in [-0.4, -0.2) is 10.2 Å². The first-order valence-electron chi connectivity index (χ1n) is 4.58. The van der Waals surface area contributed by atoms with Gasteiger partial charge in [-0.15, -0.1) is 0 Å². The monoisotopic (exact) mass is 290 g/mol. The van der Waals surface area contributed by atoms with Gasteiger partial charge in [-0.3, -0.25) is 0 Å². The minimum Gasteiger partial charge on any atom is -0.508 e. The normalized spacial score (nSPS) is 9.35. The molecule has 0 bridgehead atoms. The molecular formula is C12H9Cl3O2. The van der Waals surface area contributed by atoms with Gasteiger partial charge in [-0.25, -0.2) is 0 Å². The minimum absolute atomic E-state index is 0.0548. The molecule has 17 heavy (non-hydrogen) atoms. The van der Waals surface area contributed by atoms with Crippen molar-refractivity contribution in [3.8, 4) is 11.5 Å². The third-order valence-electron chi connectivity index (χ3n) is 1.75. The van der Waals surface area contributed by atoms with Gasteiger partial charge in [0.25, 0.3) is 0 Å². The molecule has 2 aromatic rings. The summed E-state index contributed by atoms with van der Waals surface area (Å²) in [5.74, 6) is 0.151. The van der Waals surface area contributed by atoms with Crippen molar-refractivity contribution < 1.29 is 10.2 Å². The van der Waals surface area contributed by atoms with Crippen LogP contribution < -0.4 is 0 Å². The number of para-hydroxylation sites is 1. The zero-order valence-corrected chi connectivity index (χ0v) is 10.8. The number of hydrogen-bond acceptors (Lipinski definition) is 2. The summed E-state index contributed by atoms with van der Waals surface area (Å²) in [4.78, 5) is 0. The number of phenols is 2. The zero-order chi connectivity index (χ0) is 12.8. The van der Waals surface area contributed by atoms with E-state index >= 15 is 0 Å². The van der Waals surface area contributed by atoms with Crippen molar-refractivity contribution in [2.45, 2.75) is 0 Å². The van der Waals surface area contributed by atoms with Crippen molar-refractivity contribution >= 4 is 34.8 Å². The summed E-state index contributed by atoms with van der Waals surface area (Å²) in [5, 5.41) is 18.8. The highest BCUT2D eigenvalue weighted by atomic mass is 35.5. The van der Waals surface area contributed by atoms with E-state index in [1.54, 1.807) is 36.4 Å². The highest BCUT2D eigenvalue weighted by molar-refractivity contribution is 6.37. The van der Waals surface area contributed by atoms with Gasteiger partial charge >= 0.3 is 0 Å². The maximum Gasteiger partial charge on any atom is 0.152 e. The molecule has 0 saturated heterocycles. The molecule has 0 unspecified atom stereocenters. The largest absolute Gasteiger partial charge is 0.508 e. The van der Waals surface area contributed by atoms with Crippen molar-refractivity contribution in [2.24, 2.45) is 0 Å². The number of phenolic OH excluding ortho intramolecular Hbond substituents is 2. The lowest BCUT2D eigenvalue weighted by molar-refractivity contribution is 0.475. The molecule has 0 aliphatic carbocycles. The molecule has 2 N–H and O–H groups in total. The average Bonchev–Trinajstić information content (AvgIpc) is 2.26. The van der Waals surface area contributed by atoms with E-state index in [0.29, 0.717) is 5.02 Å². The average molecular weight is 292 g/mol. The third kappa shape index (κ3) is 4.73. The van der Waals surface area contributed by atoms with Crippen LogP contribution in [-0.2, 0) is 0 Å². The zero-order valence-electron chi connectivity index (χ0n) is 8.57. The van der Waals surface area contributed by atoms with Crippen molar-refractivity contribution in [1.29, 1.82) is 0 Å². The smallest absolute Gasteiger partial charge is 0.152 e. The number of halogens is 3. The Morgan fingerprint density at radius 2 is 1.29 bits per heavy atom. The Morgan fingerprint density at radius 3 is 1.65 bits per heavy atom. The maximum absolute atomic E-state index is 8.94. The molecule has 0 fully saturated rings. The van der Waals surface area contributed by atoms with Gasteiger partial charge in [-0.2, -0.15) is 0 Å². The Labute approximate surface area is 114 Å². The molecule has 0 aliphatic heterocycles. The van der Waals surface area contributed by atoms with Crippen LogP contribution in [0.15, 0.2) is 42.5 Å². The molecule has 5 heteroatoms. The van der Waals surface area contributed by atoms with Crippen LogP contribution in [0.2, 0.25) is 15.1 Å². The maximum atomic E-state index is 8.94. The summed E-state index contributed by atoms with van der Waals surface area (Å²) >= 11 is 16.4. The van der Waals surface area contributed by atoms with Crippen molar-refractivity contribution in [3.63, 3.8) is 0 Å². The Morgan fingerprint density at radius 1 is 0.765 bits per heavy atom. The molecule has 90 valence electrons. The molecule has 0 spiro atoms. The minimum atomic E-state index is -0.0548. The lowest BCUT2D eigenvalue weighted by atomic mass is 10.3. The van der Waals surface area contributed by atoms with E-state index in [1.165, 1.54) is 6.07 Å². The molecular weight excluding hydrogens is 282 g/mol. The second-order valence-corrected chi connectivity index (χ2v) is 4.30. The predicted octanol–water partition coefficient (Wildman–Crippen LogP) is 4.74. The highest BCUT2D eigenvalue weighted by Crippen LogP contribution is 2.30. The molecule has 0 atom stereocenters. The highest BCUT2D eigenvalue weighted by Gasteiger charge is 1.99. The lowest BCUT2D eigenvalue weighted by Gasteiger charge is -1.95. The van der Waals surface area contributed by atoms with Gasteiger partial charge in [-0.05, 0) is 30.3 Å². The lowest BCUT2D eigenvalue weighted by Crippen LogP contribution is -1.67. The van der Waals surface area contributed by atoms with Gasteiger partial charge < -0.3 is 10.2 Å². The van der Waals surface area contributed by atoms with Gasteiger partial charge in [0.1, 0.15) is 5.75 Å². The van der Waals surface area contributed by atoms with Crippen LogP contribution in [0.5, 0.6) is 11.5 Å². The van der Waals surface area contributed by atoms with Crippen LogP contribution in [0, 0.1) is 0 Å². The summed E-state index contributed by atoms with van der Waals surface area (Å²) in [6.07, 6.45) is 0. The molecule has 0 amide bonds. The van der Waals surface area contributed by atoms with Crippen LogP contribution in [0.3, 0.4) is 0 Å². The summed E-state index contributed by atoms with van der Waals surface area (Å²) in [7, 11) is 0. The first kappa shape index (κ1) is 14.0. The van der Waals surface area contributed by atoms with E-state index in [2.05, 4.69) is 0 Å². The molecule has 0 aromatic heterocycles. The molecule has 0 heterocycles. The number of hydrogen-bond donors (Lipinski definition) is 2. The first-order valence-corrected chi connectivity index (χ1v) is 5.71. The van der Waals surface area contributed by atoms with E-state index in [-0.39, 0.29) is 21.5 Å². The Hall–Kier alpha value is -1.09. The third-order valence-corrected chi connectivity index (χ3v) is 2.59. The molecule has 2 rings (SSSR count). The fourth-order valence-electron chi connectivity index (χ4n) is 0.965. The summed E-state index contributed by atoms with van der Waals surface area (Å²) < 4.78 is 0. The second kappa shape index (κ2) is 6.60. The quantitative estimate of drug-likeness (QED) is 0.735. The van der Waals surface area contributed by atoms with Gasteiger partial charge in [0.2, 0.25) is 0 Å². The molecule has 0 radical (unpaired) electrons. The standard InChI is InChI=1S/C6H4Cl2O.C6H5ClO/c7-4-2-1-3-5(8)6(4)9;7-5-2-1-3-6(8)4-5/h1-3,9H;1-4,8H. The van der Waals surface area contributed by atoms with Crippen molar-refractivity contribution in [1.82, 2.24) is 0 Å². The van der Waals surface area contributed by atoms with Gasteiger partial charge in [-0.1, -0.05) is 46.9 Å². The van der Waals surface area contributed by atoms with Crippen molar-refractivity contribution in [2.75, 3.05) is 0 Å². The second-order valence-electron chi connectivity index (χ2n) is 3.05. The van der Waals surface area contributed by atoms with E-state index in [9.17, 15) is 0 Å². The van der Waals surface area contributed by atoms with Gasteiger partial charge in [0.05, 0.1) is 10.0 Å². The fourth-order valence-corrected chi connectivity index (χ4v) is 1.55. The molecule has 0 aliphatic rings. The van der Waals surface area contributed by atoms with E-state index in [4.69, 9.17) is 45.0 Å². The molecule has 0 saturated carbocycles. The van der Waals surface area contributed by atoms with Crippen LogP contribution in [0.25, 0.3) is 0 Å². The van der Waals surface area contributed by atoms with Crippen LogP contribution >= 0.6 is 34.8 Å². The Bertz CT molecular complexity index is 463. The van der Waals surface area contributed by atoms with E-state index in [0.717, 1.165) is 0 Å². The van der Waals surface area contributed by atoms with Crippen molar-refractivity contribution in [3.05, 3.63) is 57.5 Å². The SMILES string of the molecule is Oc1c(Cl)cccc1Cl.Oc1cccc(Cl)c1. The number of benzene rings is 2. The number of aromatic hydroxyl groups is 2. The number of rotatable bonds is 0. The van der Waals surface area contributed by atoms with E-state index in [1.807, 2.05) is 0 Å². The Kier molecular flexibility index (Phi) is 5.42.